The van der Waals surface area contributed by atoms with Gasteiger partial charge in [-0.05, 0) is 82.7 Å². The summed E-state index contributed by atoms with van der Waals surface area (Å²) in [4.78, 5) is 39.1. The summed E-state index contributed by atoms with van der Waals surface area (Å²) in [5.41, 5.74) is -6.71. The molecule has 8 nitrogen and oxygen atoms in total. The number of allylic oxidation sites excluding steroid dienone is 4. The van der Waals surface area contributed by atoms with E-state index in [4.69, 9.17) is 18.9 Å². The van der Waals surface area contributed by atoms with E-state index in [9.17, 15) is 19.5 Å². The molecule has 1 aromatic carbocycles. The predicted molar refractivity (Wildman–Crippen MR) is 149 cm³/mol. The second-order valence-electron chi connectivity index (χ2n) is 13.5. The van der Waals surface area contributed by atoms with Crippen LogP contribution in [0.1, 0.15) is 53.9 Å². The molecule has 10 atom stereocenters. The Morgan fingerprint density at radius 3 is 2.51 bits per heavy atom. The van der Waals surface area contributed by atoms with Gasteiger partial charge in [0.05, 0.1) is 12.2 Å². The lowest BCUT2D eigenvalue weighted by Crippen LogP contribution is -2.71. The van der Waals surface area contributed by atoms with Crippen molar-refractivity contribution in [3.8, 4) is 5.75 Å². The maximum Gasteiger partial charge on any atom is 0.347 e. The Morgan fingerprint density at radius 2 is 1.81 bits per heavy atom. The number of alkyl halides is 2. The van der Waals surface area contributed by atoms with Crippen LogP contribution in [0.15, 0.2) is 54.1 Å². The molecule has 1 aliphatic heterocycles. The van der Waals surface area contributed by atoms with Crippen LogP contribution in [0.4, 0.5) is 8.78 Å². The Morgan fingerprint density at radius 1 is 1.12 bits per heavy atom. The van der Waals surface area contributed by atoms with Crippen molar-refractivity contribution in [2.75, 3.05) is 6.61 Å². The summed E-state index contributed by atoms with van der Waals surface area (Å²) in [6.45, 7) is 7.48. The number of hydrogen-bond donors (Lipinski definition) is 1. The molecule has 6 rings (SSSR count). The highest BCUT2D eigenvalue weighted by Crippen LogP contribution is 2.72. The number of aliphatic hydroxyl groups excluding tert-OH is 1. The van der Waals surface area contributed by atoms with Crippen LogP contribution in [0.2, 0.25) is 0 Å². The number of carbonyl (C=O) groups excluding carboxylic acids is 3. The first-order valence-corrected chi connectivity index (χ1v) is 14.8. The van der Waals surface area contributed by atoms with Gasteiger partial charge in [0.2, 0.25) is 5.78 Å². The van der Waals surface area contributed by atoms with Crippen molar-refractivity contribution in [1.29, 1.82) is 0 Å². The average Bonchev–Trinajstić information content (AvgIpc) is 3.36. The third kappa shape index (κ3) is 4.12. The zero-order chi connectivity index (χ0) is 31.2. The Bertz CT molecular complexity index is 1410. The van der Waals surface area contributed by atoms with Crippen LogP contribution in [0, 0.1) is 22.7 Å². The van der Waals surface area contributed by atoms with Crippen LogP contribution in [-0.2, 0) is 28.6 Å². The van der Waals surface area contributed by atoms with E-state index in [0.29, 0.717) is 5.75 Å². The molecule has 1 aromatic rings. The number of esters is 1. The van der Waals surface area contributed by atoms with Crippen LogP contribution in [0.5, 0.6) is 5.75 Å². The number of benzene rings is 1. The molecule has 1 N–H and O–H groups in total. The smallest absolute Gasteiger partial charge is 0.347 e. The first-order valence-electron chi connectivity index (χ1n) is 14.8. The zero-order valence-electron chi connectivity index (χ0n) is 25.0. The number of hydrogen-bond acceptors (Lipinski definition) is 8. The number of Topliss-reactive ketones (excluding diaryl/α,β-unsaturated/α-hetero) is 1. The largest absolute Gasteiger partial charge is 0.479 e. The number of ketones is 2. The quantitative estimate of drug-likeness (QED) is 0.480. The zero-order valence-corrected chi connectivity index (χ0v) is 25.0. The molecule has 0 aromatic heterocycles. The highest BCUT2D eigenvalue weighted by atomic mass is 19.1. The summed E-state index contributed by atoms with van der Waals surface area (Å²) in [7, 11) is 0. The number of aliphatic hydroxyl groups is 1. The monoisotopic (exact) mass is 600 g/mol. The highest BCUT2D eigenvalue weighted by molar-refractivity contribution is 6.01. The van der Waals surface area contributed by atoms with Gasteiger partial charge >= 0.3 is 5.97 Å². The summed E-state index contributed by atoms with van der Waals surface area (Å²) in [6.07, 6.45) is -1.60. The summed E-state index contributed by atoms with van der Waals surface area (Å²) in [5.74, 6) is -4.11. The lowest BCUT2D eigenvalue weighted by molar-refractivity contribution is -0.249. The molecule has 0 spiro atoms. The third-order valence-corrected chi connectivity index (χ3v) is 10.8. The fourth-order valence-electron chi connectivity index (χ4n) is 8.91. The lowest BCUT2D eigenvalue weighted by Gasteiger charge is -2.63. The van der Waals surface area contributed by atoms with Gasteiger partial charge in [-0.1, -0.05) is 31.2 Å². The van der Waals surface area contributed by atoms with Crippen molar-refractivity contribution in [2.45, 2.75) is 95.4 Å². The van der Waals surface area contributed by atoms with E-state index in [1.165, 1.54) is 26.0 Å². The Hall–Kier alpha value is -2.95. The van der Waals surface area contributed by atoms with E-state index in [1.807, 2.05) is 6.07 Å². The molecule has 1 heterocycles. The maximum absolute atomic E-state index is 17.5. The van der Waals surface area contributed by atoms with Crippen molar-refractivity contribution in [3.63, 3.8) is 0 Å². The van der Waals surface area contributed by atoms with Gasteiger partial charge in [0.25, 0.3) is 0 Å². The van der Waals surface area contributed by atoms with Crippen LogP contribution in [0.3, 0.4) is 0 Å². The SMILES string of the molecule is CC(Oc1ccccc1)C(=O)OCC(=O)[C@@]12OC(C)(C)O[C@@H]1C[C@H]1[C@@H]3C[C@H](F)C4=CC(=O)C=C[C@]4(C)[C@@]3(F)[C@@H](O)C[C@@]12C. The molecule has 1 unspecified atom stereocenters. The Kier molecular flexibility index (Phi) is 6.84. The Labute approximate surface area is 249 Å². The molecule has 43 heavy (non-hydrogen) atoms. The molecule has 4 fully saturated rings. The molecule has 10 heteroatoms. The van der Waals surface area contributed by atoms with Gasteiger partial charge in [0.15, 0.2) is 35.6 Å². The minimum Gasteiger partial charge on any atom is -0.479 e. The van der Waals surface area contributed by atoms with Crippen LogP contribution < -0.4 is 4.74 Å². The van der Waals surface area contributed by atoms with Gasteiger partial charge in [-0.3, -0.25) is 9.59 Å². The number of carbonyl (C=O) groups is 3. The summed E-state index contributed by atoms with van der Waals surface area (Å²) in [5, 5.41) is 11.7. The first-order chi connectivity index (χ1) is 20.1. The maximum atomic E-state index is 17.5. The molecular formula is C33H38F2O8. The number of fused-ring (bicyclic) bond motifs is 7. The molecule has 232 valence electrons. The van der Waals surface area contributed by atoms with Gasteiger partial charge in [-0.25, -0.2) is 13.6 Å². The van der Waals surface area contributed by atoms with E-state index in [-0.39, 0.29) is 24.8 Å². The van der Waals surface area contributed by atoms with E-state index >= 15 is 8.78 Å². The van der Waals surface area contributed by atoms with Crippen molar-refractivity contribution < 1.29 is 47.2 Å². The van der Waals surface area contributed by atoms with E-state index in [1.54, 1.807) is 45.0 Å². The fraction of sp³-hybridized carbons (Fsp3) is 0.606. The van der Waals surface area contributed by atoms with Crippen molar-refractivity contribution >= 4 is 17.5 Å². The van der Waals surface area contributed by atoms with Gasteiger partial charge in [0.1, 0.15) is 11.9 Å². The molecule has 0 radical (unpaired) electrons. The van der Waals surface area contributed by atoms with Gasteiger partial charge in [0, 0.05) is 16.7 Å². The third-order valence-electron chi connectivity index (χ3n) is 10.8. The molecule has 4 aliphatic carbocycles. The van der Waals surface area contributed by atoms with Crippen molar-refractivity contribution in [2.24, 2.45) is 22.7 Å². The second-order valence-corrected chi connectivity index (χ2v) is 13.5. The number of para-hydroxylation sites is 1. The van der Waals surface area contributed by atoms with Crippen molar-refractivity contribution in [1.82, 2.24) is 0 Å². The second kappa shape index (κ2) is 9.78. The number of rotatable bonds is 6. The first kappa shape index (κ1) is 30.1. The fourth-order valence-corrected chi connectivity index (χ4v) is 8.91. The highest BCUT2D eigenvalue weighted by Gasteiger charge is 2.80. The molecule has 1 saturated heterocycles. The van der Waals surface area contributed by atoms with E-state index in [0.717, 1.165) is 6.08 Å². The predicted octanol–water partition coefficient (Wildman–Crippen LogP) is 4.39. The summed E-state index contributed by atoms with van der Waals surface area (Å²) >= 11 is 0. The number of ether oxygens (including phenoxy) is 4. The molecule has 0 amide bonds. The minimum absolute atomic E-state index is 0.0257. The van der Waals surface area contributed by atoms with Crippen LogP contribution in [-0.4, -0.2) is 70.8 Å². The topological polar surface area (TPSA) is 108 Å². The van der Waals surface area contributed by atoms with E-state index < -0.39 is 88.3 Å². The van der Waals surface area contributed by atoms with Crippen LogP contribution >= 0.6 is 0 Å². The summed E-state index contributed by atoms with van der Waals surface area (Å²) < 4.78 is 57.0. The Balaban J connectivity index is 1.31. The van der Waals surface area contributed by atoms with Gasteiger partial charge < -0.3 is 24.1 Å². The number of halogens is 2. The van der Waals surface area contributed by atoms with Gasteiger partial charge in [-0.15, -0.1) is 0 Å². The summed E-state index contributed by atoms with van der Waals surface area (Å²) in [6, 6.07) is 8.71. The van der Waals surface area contributed by atoms with Crippen LogP contribution in [0.25, 0.3) is 0 Å². The normalized spacial score (nSPS) is 43.0. The van der Waals surface area contributed by atoms with Gasteiger partial charge in [-0.2, -0.15) is 0 Å². The average molecular weight is 601 g/mol. The standard InChI is InChI=1S/C33H38F2O8/c1-18(41-20-9-7-6-8-10-20)28(39)40-17-26(38)33-27(42-29(2,3)43-33)15-21-22-14-24(34)23-13-19(36)11-12-30(23,4)32(22,35)25(37)16-31(21,33)5/h6-13,18,21-22,24-25,27,37H,14-17H2,1-5H3/t18?,21-,22-,24-,25-,27+,30-,31-,32-,33+/m0/s1. The van der Waals surface area contributed by atoms with Crippen molar-refractivity contribution in [3.05, 3.63) is 54.1 Å². The molecule has 0 bridgehead atoms. The molecule has 3 saturated carbocycles. The minimum atomic E-state index is -2.31. The molecular weight excluding hydrogens is 562 g/mol. The molecule has 5 aliphatic rings. The lowest BCUT2D eigenvalue weighted by atomic mass is 9.44. The van der Waals surface area contributed by atoms with E-state index in [2.05, 4.69) is 0 Å².